The number of aliphatic hydroxyl groups is 1. The molecule has 17 nitrogen and oxygen atoms in total. The average molecular weight is 820 g/mol. The average Bonchev–Trinajstić information content (AvgIpc) is 3.87. The molecule has 0 aliphatic carbocycles. The molecule has 1 aromatic carbocycles. The Morgan fingerprint density at radius 3 is 2.56 bits per heavy atom. The zero-order valence-corrected chi connectivity index (χ0v) is 34.3. The van der Waals surface area contributed by atoms with E-state index in [1.165, 1.54) is 40.1 Å². The molecule has 4 rings (SSSR count). The topological polar surface area (TPSA) is 229 Å². The number of esters is 1. The minimum atomic E-state index is -1.87. The second kappa shape index (κ2) is 18.8. The number of nitrogens with zero attached hydrogens (tertiary/aromatic N) is 2. The maximum atomic E-state index is 14.2. The van der Waals surface area contributed by atoms with Gasteiger partial charge < -0.3 is 49.6 Å². The van der Waals surface area contributed by atoms with Gasteiger partial charge in [-0.2, -0.15) is 0 Å². The number of benzene rings is 1. The van der Waals surface area contributed by atoms with Gasteiger partial charge >= 0.3 is 12.1 Å². The first-order valence-electron chi connectivity index (χ1n) is 18.6. The number of fused-ring (bicyclic) bond motifs is 5. The van der Waals surface area contributed by atoms with Gasteiger partial charge in [0.15, 0.2) is 5.72 Å². The molecule has 18 heteroatoms. The van der Waals surface area contributed by atoms with E-state index in [1.54, 1.807) is 38.1 Å². The fourth-order valence-corrected chi connectivity index (χ4v) is 7.27. The van der Waals surface area contributed by atoms with Crippen molar-refractivity contribution in [1.82, 2.24) is 15.5 Å². The molecule has 0 radical (unpaired) electrons. The molecule has 2 saturated heterocycles. The number of halogens is 1. The lowest BCUT2D eigenvalue weighted by Crippen LogP contribution is -2.63. The van der Waals surface area contributed by atoms with E-state index >= 15 is 0 Å². The number of allylic oxidation sites excluding steroid dienone is 3. The Labute approximate surface area is 337 Å². The Hall–Kier alpha value is -4.55. The lowest BCUT2D eigenvalue weighted by atomic mass is 9.83. The largest absolute Gasteiger partial charge is 0.495 e. The van der Waals surface area contributed by atoms with Gasteiger partial charge in [-0.1, -0.05) is 42.3 Å². The normalized spacial score (nSPS) is 29.6. The van der Waals surface area contributed by atoms with E-state index in [-0.39, 0.29) is 36.6 Å². The molecule has 314 valence electrons. The molecule has 8 atom stereocenters. The summed E-state index contributed by atoms with van der Waals surface area (Å²) in [6.07, 6.45) is 0.182. The van der Waals surface area contributed by atoms with Gasteiger partial charge in [0, 0.05) is 46.4 Å². The van der Waals surface area contributed by atoms with Crippen LogP contribution in [0.5, 0.6) is 5.75 Å². The summed E-state index contributed by atoms with van der Waals surface area (Å²) < 4.78 is 29.1. The third kappa shape index (κ3) is 10.7. The number of amides is 4. The number of likely N-dealkylation sites (N-methyl/N-ethyl adjacent to an activating group) is 1. The van der Waals surface area contributed by atoms with Crippen LogP contribution in [0.2, 0.25) is 5.02 Å². The number of hydrogen-bond donors (Lipinski definition) is 4. The van der Waals surface area contributed by atoms with Crippen molar-refractivity contribution in [2.75, 3.05) is 46.3 Å². The van der Waals surface area contributed by atoms with E-state index in [2.05, 4.69) is 10.6 Å². The summed E-state index contributed by atoms with van der Waals surface area (Å²) in [5, 5.41) is 16.8. The highest BCUT2D eigenvalue weighted by Crippen LogP contribution is 2.49. The van der Waals surface area contributed by atoms with Crippen LogP contribution in [0.3, 0.4) is 0 Å². The van der Waals surface area contributed by atoms with Crippen molar-refractivity contribution in [3.8, 4) is 5.75 Å². The van der Waals surface area contributed by atoms with E-state index in [9.17, 15) is 33.9 Å². The molecule has 5 N–H and O–H groups in total. The number of ether oxygens (including phenoxy) is 5. The predicted molar refractivity (Wildman–Crippen MR) is 207 cm³/mol. The Kier molecular flexibility index (Phi) is 14.9. The monoisotopic (exact) mass is 819 g/mol. The summed E-state index contributed by atoms with van der Waals surface area (Å²) in [6.45, 7) is 6.10. The number of carbonyl (C=O) groups is 6. The summed E-state index contributed by atoms with van der Waals surface area (Å²) in [5.41, 5.74) is 4.12. The molecule has 8 unspecified atom stereocenters. The molecular weight excluding hydrogens is 766 g/mol. The Bertz CT molecular complexity index is 1790. The third-order valence-electron chi connectivity index (χ3n) is 10.8. The number of nitrogens with one attached hydrogen (secondary N) is 2. The van der Waals surface area contributed by atoms with Crippen LogP contribution in [-0.4, -0.2) is 129 Å². The van der Waals surface area contributed by atoms with Crippen LogP contribution >= 0.6 is 11.6 Å². The first kappa shape index (κ1) is 45.2. The van der Waals surface area contributed by atoms with Crippen LogP contribution in [0, 0.1) is 5.92 Å². The first-order valence-corrected chi connectivity index (χ1v) is 19.0. The second-order valence-corrected chi connectivity index (χ2v) is 15.3. The second-order valence-electron chi connectivity index (χ2n) is 14.9. The van der Waals surface area contributed by atoms with Crippen molar-refractivity contribution in [2.24, 2.45) is 11.7 Å². The van der Waals surface area contributed by atoms with Gasteiger partial charge in [0.05, 0.1) is 38.4 Å². The SMILES string of the molecule is COc1cc2cc(c1Cl)N(C)C(=O)CC(OC(=O)C(C)N(C)C(=O)CNC(=O)CCC(=O)CN)C1(C)OC1C(C)C1CC(O)(NC(=O)O1)C(OC)/C=C/C=C(\C)C2. The zero-order chi connectivity index (χ0) is 42.4. The lowest BCUT2D eigenvalue weighted by molar-refractivity contribution is -0.161. The van der Waals surface area contributed by atoms with Crippen LogP contribution in [0.15, 0.2) is 35.9 Å². The Morgan fingerprint density at radius 2 is 1.91 bits per heavy atom. The van der Waals surface area contributed by atoms with Crippen molar-refractivity contribution >= 4 is 52.9 Å². The standard InChI is InChI=1S/C39H54ClN5O12/c1-21-10-9-11-29(54-8)39(52)18-28(55-37(51)43-39)22(2)35-38(4,57-35)30(17-32(48)45(6)26-15-24(14-21)16-27(53-7)34(26)40)56-36(50)23(3)44(5)33(49)20-42-31(47)13-12-25(46)19-41/h9-11,15-16,22-23,28-30,35,52H,12-14,17-20,41H2,1-8H3,(H,42,47)(H,43,51)/b11-9+,21-10+. The molecule has 4 bridgehead atoms. The van der Waals surface area contributed by atoms with E-state index < -0.39 is 90.5 Å². The van der Waals surface area contributed by atoms with Crippen LogP contribution in [-0.2, 0) is 49.3 Å². The highest BCUT2D eigenvalue weighted by Gasteiger charge is 2.64. The number of epoxide rings is 1. The number of alkyl carbamates (subject to hydrolysis) is 1. The number of ketones is 1. The van der Waals surface area contributed by atoms with Crippen LogP contribution in [0.1, 0.15) is 58.9 Å². The van der Waals surface area contributed by atoms with E-state index in [0.717, 1.165) is 16.0 Å². The van der Waals surface area contributed by atoms with Gasteiger partial charge in [0.25, 0.3) is 0 Å². The molecular formula is C39H54ClN5O12. The van der Waals surface area contributed by atoms with Crippen LogP contribution in [0.25, 0.3) is 0 Å². The minimum Gasteiger partial charge on any atom is -0.495 e. The summed E-state index contributed by atoms with van der Waals surface area (Å²) >= 11 is 6.75. The van der Waals surface area contributed by atoms with E-state index in [4.69, 9.17) is 41.0 Å². The fraction of sp³-hybridized carbons (Fsp3) is 0.590. The Balaban J connectivity index is 1.67. The minimum absolute atomic E-state index is 0.0704. The van der Waals surface area contributed by atoms with E-state index in [0.29, 0.717) is 17.9 Å². The molecule has 3 aliphatic heterocycles. The molecule has 0 spiro atoms. The van der Waals surface area contributed by atoms with Gasteiger partial charge in [-0.25, -0.2) is 9.59 Å². The molecule has 0 saturated carbocycles. The van der Waals surface area contributed by atoms with E-state index in [1.807, 2.05) is 13.0 Å². The molecule has 4 amide bonds. The molecule has 2 fully saturated rings. The molecule has 1 aromatic rings. The Morgan fingerprint density at radius 1 is 1.21 bits per heavy atom. The van der Waals surface area contributed by atoms with Gasteiger partial charge in [-0.15, -0.1) is 0 Å². The van der Waals surface area contributed by atoms with Gasteiger partial charge in [-0.3, -0.25) is 24.5 Å². The molecule has 3 aliphatic rings. The lowest BCUT2D eigenvalue weighted by Gasteiger charge is -2.42. The van der Waals surface area contributed by atoms with Crippen molar-refractivity contribution in [2.45, 2.75) is 102 Å². The highest BCUT2D eigenvalue weighted by atomic mass is 35.5. The maximum absolute atomic E-state index is 14.2. The number of hydrogen-bond acceptors (Lipinski definition) is 13. The predicted octanol–water partition coefficient (Wildman–Crippen LogP) is 1.94. The quantitative estimate of drug-likeness (QED) is 0.185. The van der Waals surface area contributed by atoms with Crippen molar-refractivity contribution < 1.29 is 57.6 Å². The maximum Gasteiger partial charge on any atom is 0.409 e. The summed E-state index contributed by atoms with van der Waals surface area (Å²) in [5.74, 6) is -3.08. The number of carbonyl (C=O) groups excluding carboxylic acids is 6. The number of anilines is 1. The number of rotatable bonds is 11. The highest BCUT2D eigenvalue weighted by molar-refractivity contribution is 6.35. The molecule has 0 aromatic heterocycles. The number of nitrogens with two attached hydrogens (primary N) is 1. The van der Waals surface area contributed by atoms with Crippen molar-refractivity contribution in [1.29, 1.82) is 0 Å². The third-order valence-corrected chi connectivity index (χ3v) is 11.2. The number of methoxy groups -OCH3 is 2. The van der Waals surface area contributed by atoms with Crippen molar-refractivity contribution in [3.63, 3.8) is 0 Å². The molecule has 57 heavy (non-hydrogen) atoms. The van der Waals surface area contributed by atoms with Gasteiger partial charge in [-0.05, 0) is 44.9 Å². The molecule has 3 heterocycles. The van der Waals surface area contributed by atoms with Crippen molar-refractivity contribution in [3.05, 3.63) is 46.5 Å². The summed E-state index contributed by atoms with van der Waals surface area (Å²) in [4.78, 5) is 79.9. The smallest absolute Gasteiger partial charge is 0.409 e. The summed E-state index contributed by atoms with van der Waals surface area (Å²) in [6, 6.07) is 2.34. The van der Waals surface area contributed by atoms with Gasteiger partial charge in [0.1, 0.15) is 46.5 Å². The fourth-order valence-electron chi connectivity index (χ4n) is 6.96. The zero-order valence-electron chi connectivity index (χ0n) is 33.6. The van der Waals surface area contributed by atoms with Crippen LogP contribution < -0.4 is 26.0 Å². The summed E-state index contributed by atoms with van der Waals surface area (Å²) in [7, 11) is 5.76. The van der Waals surface area contributed by atoms with Crippen LogP contribution in [0.4, 0.5) is 10.5 Å². The van der Waals surface area contributed by atoms with Gasteiger partial charge in [0.2, 0.25) is 17.7 Å². The number of Topliss-reactive ketones (excluding diaryl/α,β-unsaturated/α-hetero) is 1. The first-order chi connectivity index (χ1) is 26.8.